The van der Waals surface area contributed by atoms with Gasteiger partial charge in [0, 0.05) is 44.4 Å². The van der Waals surface area contributed by atoms with Crippen LogP contribution in [-0.4, -0.2) is 169 Å². The summed E-state index contributed by atoms with van der Waals surface area (Å²) in [5.74, 6) is -4.64. The maximum absolute atomic E-state index is 14.4. The summed E-state index contributed by atoms with van der Waals surface area (Å²) < 4.78 is 49.2. The van der Waals surface area contributed by atoms with Crippen molar-refractivity contribution in [3.63, 3.8) is 0 Å². The molecule has 4 N–H and O–H groups in total. The lowest BCUT2D eigenvalue weighted by Gasteiger charge is -2.50. The standard InChI is InChI=1S/C41H74N2O15/c1-16-28-41(10,49)34(46)23(4)31(42-53-20-29(44)50-13)21(2)18-40(9,52-15)36(58-38-32(45)27(43(11)12)17-22(3)54-38)24(5)33(25(6)37(48)56-28)57-30-19-39(8,51-14)35(47)26(7)55-30/h21-28,30,32-36,38,45-47,49H,16-20H2,1-15H3/b42-31-/t21-,22-,23+,24+,25-,26+,27+,28-,30+,32-,33+,34-,35+,36-,38+,39-,40-,41-/m1/s1. The third-order valence-electron chi connectivity index (χ3n) is 12.9. The van der Waals surface area contributed by atoms with Gasteiger partial charge in [0.15, 0.2) is 12.6 Å². The van der Waals surface area contributed by atoms with Crippen LogP contribution in [0.4, 0.5) is 0 Å². The van der Waals surface area contributed by atoms with Gasteiger partial charge in [0.2, 0.25) is 6.61 Å². The fraction of sp³-hybridized carbons (Fsp3) is 0.927. The van der Waals surface area contributed by atoms with E-state index in [4.69, 9.17) is 42.7 Å². The van der Waals surface area contributed by atoms with Gasteiger partial charge in [-0.1, -0.05) is 32.9 Å². The van der Waals surface area contributed by atoms with Crippen LogP contribution in [0.1, 0.15) is 94.9 Å². The Morgan fingerprint density at radius 2 is 1.52 bits per heavy atom. The van der Waals surface area contributed by atoms with Gasteiger partial charge in [-0.2, -0.15) is 0 Å². The number of nitrogens with zero attached hydrogens (tertiary/aromatic N) is 2. The maximum Gasteiger partial charge on any atom is 0.346 e. The van der Waals surface area contributed by atoms with E-state index in [2.05, 4.69) is 5.16 Å². The van der Waals surface area contributed by atoms with Crippen LogP contribution in [-0.2, 0) is 52.3 Å². The Hall–Kier alpha value is -2.03. The topological polar surface area (TPSA) is 214 Å². The third-order valence-corrected chi connectivity index (χ3v) is 12.9. The number of ether oxygens (including phenoxy) is 8. The van der Waals surface area contributed by atoms with Gasteiger partial charge in [-0.25, -0.2) is 4.79 Å². The molecule has 3 fully saturated rings. The molecule has 3 saturated heterocycles. The van der Waals surface area contributed by atoms with Gasteiger partial charge in [-0.05, 0) is 74.9 Å². The minimum absolute atomic E-state index is 0.109. The Morgan fingerprint density at radius 3 is 2.07 bits per heavy atom. The SMILES string of the molecule is CC[C@H]1OC(=O)[C@H](C)[C@@H](O[C@H]2C[C@@](C)(OC)[C@@H](O)[C@H](C)O2)[C@H](C)[C@@H](O[C@@H]2O[C@H](C)C[C@H](N(C)C)[C@H]2O)[C@](C)(OC)C[C@@H](C)/C(=N/OCC(=O)OC)[C@H](C)[C@@H](O)[C@]1(C)O. The molecule has 0 bridgehead atoms. The van der Waals surface area contributed by atoms with Crippen molar-refractivity contribution in [1.82, 2.24) is 4.90 Å². The van der Waals surface area contributed by atoms with Crippen molar-refractivity contribution in [2.75, 3.05) is 42.0 Å². The van der Waals surface area contributed by atoms with Crippen molar-refractivity contribution >= 4 is 17.7 Å². The number of esters is 2. The summed E-state index contributed by atoms with van der Waals surface area (Å²) in [6.45, 7) is 16.8. The lowest BCUT2D eigenvalue weighted by molar-refractivity contribution is -0.319. The van der Waals surface area contributed by atoms with E-state index >= 15 is 0 Å². The molecule has 58 heavy (non-hydrogen) atoms. The van der Waals surface area contributed by atoms with Crippen LogP contribution in [0.3, 0.4) is 0 Å². The van der Waals surface area contributed by atoms with E-state index in [9.17, 15) is 30.0 Å². The van der Waals surface area contributed by atoms with E-state index in [1.807, 2.05) is 46.7 Å². The minimum atomic E-state index is -1.98. The van der Waals surface area contributed by atoms with E-state index in [0.717, 1.165) is 0 Å². The highest BCUT2D eigenvalue weighted by Crippen LogP contribution is 2.42. The second-order valence-electron chi connectivity index (χ2n) is 17.6. The lowest BCUT2D eigenvalue weighted by Crippen LogP contribution is -2.61. The highest BCUT2D eigenvalue weighted by molar-refractivity contribution is 5.89. The molecule has 0 aliphatic carbocycles. The van der Waals surface area contributed by atoms with Crippen LogP contribution in [0.25, 0.3) is 0 Å². The molecule has 0 unspecified atom stereocenters. The molecular formula is C41H74N2O15. The first-order valence-corrected chi connectivity index (χ1v) is 20.5. The second-order valence-corrected chi connectivity index (χ2v) is 17.6. The van der Waals surface area contributed by atoms with Gasteiger partial charge < -0.3 is 68.1 Å². The third kappa shape index (κ3) is 11.3. The fourth-order valence-corrected chi connectivity index (χ4v) is 8.99. The molecule has 338 valence electrons. The molecule has 3 aliphatic heterocycles. The molecule has 17 heteroatoms. The number of carbonyl (C=O) groups is 2. The molecule has 0 saturated carbocycles. The minimum Gasteiger partial charge on any atom is -0.466 e. The van der Waals surface area contributed by atoms with Crippen LogP contribution in [0.15, 0.2) is 5.16 Å². The van der Waals surface area contributed by atoms with Gasteiger partial charge in [0.05, 0.1) is 60.5 Å². The van der Waals surface area contributed by atoms with E-state index < -0.39 is 114 Å². The predicted octanol–water partition coefficient (Wildman–Crippen LogP) is 2.42. The second kappa shape index (κ2) is 20.7. The fourth-order valence-electron chi connectivity index (χ4n) is 8.99. The molecule has 18 atom stereocenters. The van der Waals surface area contributed by atoms with E-state index in [1.165, 1.54) is 28.3 Å². The zero-order valence-electron chi connectivity index (χ0n) is 37.4. The maximum atomic E-state index is 14.4. The average Bonchev–Trinajstić information content (AvgIpc) is 3.17. The van der Waals surface area contributed by atoms with E-state index in [-0.39, 0.29) is 37.1 Å². The summed E-state index contributed by atoms with van der Waals surface area (Å²) in [6.07, 6.45) is -8.93. The Bertz CT molecular complexity index is 1370. The predicted molar refractivity (Wildman–Crippen MR) is 211 cm³/mol. The van der Waals surface area contributed by atoms with Gasteiger partial charge in [-0.15, -0.1) is 0 Å². The molecular weight excluding hydrogens is 760 g/mol. The van der Waals surface area contributed by atoms with E-state index in [1.54, 1.807) is 34.6 Å². The number of aliphatic hydroxyl groups excluding tert-OH is 3. The zero-order chi connectivity index (χ0) is 44.1. The number of likely N-dealkylation sites (N-methyl/N-ethyl adjacent to an activating group) is 1. The zero-order valence-corrected chi connectivity index (χ0v) is 37.4. The van der Waals surface area contributed by atoms with Crippen LogP contribution in [0.2, 0.25) is 0 Å². The first kappa shape index (κ1) is 50.3. The Kier molecular flexibility index (Phi) is 18.0. The van der Waals surface area contributed by atoms with Crippen molar-refractivity contribution < 1.29 is 72.7 Å². The molecule has 0 radical (unpaired) electrons. The van der Waals surface area contributed by atoms with Crippen molar-refractivity contribution in [1.29, 1.82) is 0 Å². The summed E-state index contributed by atoms with van der Waals surface area (Å²) in [4.78, 5) is 33.8. The number of carbonyl (C=O) groups excluding carboxylic acids is 2. The number of oxime groups is 1. The van der Waals surface area contributed by atoms with Gasteiger partial charge in [0.1, 0.15) is 23.9 Å². The van der Waals surface area contributed by atoms with Gasteiger partial charge >= 0.3 is 11.9 Å². The van der Waals surface area contributed by atoms with Crippen LogP contribution < -0.4 is 0 Å². The molecule has 0 aromatic heterocycles. The smallest absolute Gasteiger partial charge is 0.346 e. The Morgan fingerprint density at radius 1 is 0.897 bits per heavy atom. The Labute approximate surface area is 344 Å². The number of methoxy groups -OCH3 is 3. The number of cyclic esters (lactones) is 1. The molecule has 17 nitrogen and oxygen atoms in total. The largest absolute Gasteiger partial charge is 0.466 e. The first-order chi connectivity index (χ1) is 26.9. The molecule has 0 aromatic rings. The van der Waals surface area contributed by atoms with Crippen LogP contribution >= 0.6 is 0 Å². The number of rotatable bonds is 11. The summed E-state index contributed by atoms with van der Waals surface area (Å²) >= 11 is 0. The summed E-state index contributed by atoms with van der Waals surface area (Å²) in [5, 5.41) is 50.9. The quantitative estimate of drug-likeness (QED) is 0.174. The normalized spacial score (nSPS) is 45.7. The molecule has 0 amide bonds. The highest BCUT2D eigenvalue weighted by Gasteiger charge is 2.54. The van der Waals surface area contributed by atoms with Gasteiger partial charge in [-0.3, -0.25) is 4.79 Å². The molecule has 3 rings (SSSR count). The van der Waals surface area contributed by atoms with Gasteiger partial charge in [0.25, 0.3) is 0 Å². The van der Waals surface area contributed by atoms with Crippen LogP contribution in [0.5, 0.6) is 0 Å². The molecule has 0 spiro atoms. The number of hydrogen-bond donors (Lipinski definition) is 4. The monoisotopic (exact) mass is 835 g/mol. The Balaban J connectivity index is 2.29. The average molecular weight is 835 g/mol. The van der Waals surface area contributed by atoms with Crippen molar-refractivity contribution in [2.45, 2.75) is 179 Å². The lowest BCUT2D eigenvalue weighted by atomic mass is 9.73. The molecule has 3 heterocycles. The number of aliphatic hydroxyl groups is 4. The van der Waals surface area contributed by atoms with Crippen molar-refractivity contribution in [3.05, 3.63) is 0 Å². The summed E-state index contributed by atoms with van der Waals surface area (Å²) in [5.41, 5.74) is -4.03. The van der Waals surface area contributed by atoms with Crippen molar-refractivity contribution in [2.24, 2.45) is 28.8 Å². The van der Waals surface area contributed by atoms with E-state index in [0.29, 0.717) is 6.42 Å². The molecule has 0 aromatic carbocycles. The highest BCUT2D eigenvalue weighted by atomic mass is 16.7. The van der Waals surface area contributed by atoms with Crippen LogP contribution in [0, 0.1) is 23.7 Å². The summed E-state index contributed by atoms with van der Waals surface area (Å²) in [7, 11) is 7.99. The molecule has 3 aliphatic rings. The van der Waals surface area contributed by atoms with Crippen molar-refractivity contribution in [3.8, 4) is 0 Å². The number of hydrogen-bond acceptors (Lipinski definition) is 17. The first-order valence-electron chi connectivity index (χ1n) is 20.5. The summed E-state index contributed by atoms with van der Waals surface area (Å²) in [6, 6.07) is -0.307.